The molecule has 4 aromatic heterocycles. The fraction of sp³-hybridized carbons (Fsp3) is 0. The summed E-state index contributed by atoms with van der Waals surface area (Å²) in [5.41, 5.74) is 8.77. The Hall–Kier alpha value is -9.10. The molecular weight excluding hydrogens is 867 g/mol. The number of para-hydroxylation sites is 5. The van der Waals surface area contributed by atoms with Crippen LogP contribution in [-0.4, -0.2) is 31.7 Å². The van der Waals surface area contributed by atoms with Gasteiger partial charge in [-0.3, -0.25) is 9.13 Å². The lowest BCUT2D eigenvalue weighted by Gasteiger charge is -2.34. The Kier molecular flexibility index (Phi) is 9.15. The maximum absolute atomic E-state index is 5.66. The summed E-state index contributed by atoms with van der Waals surface area (Å²) >= 11 is 0. The van der Waals surface area contributed by atoms with E-state index in [-0.39, 0.29) is 0 Å². The molecule has 0 bridgehead atoms. The lowest BCUT2D eigenvalue weighted by atomic mass is 10.1. The van der Waals surface area contributed by atoms with Gasteiger partial charge in [0.25, 0.3) is 0 Å². The van der Waals surface area contributed by atoms with Crippen LogP contribution in [0.3, 0.4) is 0 Å². The fourth-order valence-electron chi connectivity index (χ4n) is 11.5. The maximum atomic E-state index is 5.66. The molecule has 70 heavy (non-hydrogen) atoms. The van der Waals surface area contributed by atoms with Crippen LogP contribution in [0.5, 0.6) is 0 Å². The zero-order valence-corrected chi connectivity index (χ0v) is 39.1. The fourth-order valence-corrected chi connectivity index (χ4v) is 16.2. The molecule has 0 spiro atoms. The standard InChI is InChI=1S/C64H43N5Si/c1-4-22-46(23-5-1)70(47-24-6-2-7-25-47,48-26-8-3-9-27-48)49-28-20-21-44(41-49)64-65-62(68-58-36-17-12-31-52(58)53-32-13-18-37-59(53)68)43-63(66-64)69-60-38-19-14-33-54(60)55-42-45(39-40-61(55)69)67-56-34-15-10-29-50(56)51-30-11-16-35-57(51)67/h1-43H. The summed E-state index contributed by atoms with van der Waals surface area (Å²) in [6.07, 6.45) is 0. The van der Waals surface area contributed by atoms with Crippen LogP contribution in [0.15, 0.2) is 261 Å². The highest BCUT2D eigenvalue weighted by molar-refractivity contribution is 7.19. The molecule has 10 aromatic carbocycles. The van der Waals surface area contributed by atoms with Gasteiger partial charge in [-0.1, -0.05) is 206 Å². The third-order valence-corrected chi connectivity index (χ3v) is 19.2. The van der Waals surface area contributed by atoms with Crippen molar-refractivity contribution in [2.45, 2.75) is 0 Å². The molecule has 328 valence electrons. The Balaban J connectivity index is 1.04. The minimum atomic E-state index is -2.87. The summed E-state index contributed by atoms with van der Waals surface area (Å²) in [7, 11) is -2.87. The molecule has 0 N–H and O–H groups in total. The van der Waals surface area contributed by atoms with E-state index in [4.69, 9.17) is 9.97 Å². The van der Waals surface area contributed by atoms with Crippen LogP contribution >= 0.6 is 0 Å². The van der Waals surface area contributed by atoms with Crippen LogP contribution in [0.25, 0.3) is 94.1 Å². The second-order valence-electron chi connectivity index (χ2n) is 18.1. The first kappa shape index (κ1) is 40.0. The average Bonchev–Trinajstić information content (AvgIpc) is 4.08. The van der Waals surface area contributed by atoms with E-state index in [1.54, 1.807) is 0 Å². The molecule has 6 heteroatoms. The van der Waals surface area contributed by atoms with Crippen molar-refractivity contribution in [1.29, 1.82) is 0 Å². The van der Waals surface area contributed by atoms with Crippen LogP contribution in [0.4, 0.5) is 0 Å². The quantitative estimate of drug-likeness (QED) is 0.113. The molecule has 0 saturated carbocycles. The first-order valence-electron chi connectivity index (χ1n) is 23.9. The highest BCUT2D eigenvalue weighted by atomic mass is 28.3. The molecular formula is C64H43N5Si. The zero-order valence-electron chi connectivity index (χ0n) is 38.1. The highest BCUT2D eigenvalue weighted by Gasteiger charge is 2.41. The number of aromatic nitrogens is 5. The molecule has 14 aromatic rings. The van der Waals surface area contributed by atoms with Gasteiger partial charge in [0.15, 0.2) is 13.9 Å². The molecule has 0 amide bonds. The van der Waals surface area contributed by atoms with Gasteiger partial charge in [0.2, 0.25) is 0 Å². The van der Waals surface area contributed by atoms with Crippen molar-refractivity contribution >= 4 is 94.2 Å². The number of fused-ring (bicyclic) bond motifs is 9. The number of hydrogen-bond acceptors (Lipinski definition) is 2. The highest BCUT2D eigenvalue weighted by Crippen LogP contribution is 2.38. The Labute approximate surface area is 405 Å². The lowest BCUT2D eigenvalue weighted by molar-refractivity contribution is 0.994. The number of nitrogens with zero attached hydrogens (tertiary/aromatic N) is 5. The van der Waals surface area contributed by atoms with Gasteiger partial charge in [-0.2, -0.15) is 0 Å². The predicted octanol–water partition coefficient (Wildman–Crippen LogP) is 12.8. The number of rotatable bonds is 8. The van der Waals surface area contributed by atoms with Gasteiger partial charge in [0.1, 0.15) is 11.6 Å². The molecule has 0 radical (unpaired) electrons. The van der Waals surface area contributed by atoms with Crippen LogP contribution in [0, 0.1) is 0 Å². The Morgan fingerprint density at radius 3 is 1.06 bits per heavy atom. The van der Waals surface area contributed by atoms with Gasteiger partial charge >= 0.3 is 0 Å². The van der Waals surface area contributed by atoms with E-state index in [0.29, 0.717) is 5.82 Å². The molecule has 0 atom stereocenters. The Morgan fingerprint density at radius 2 is 0.614 bits per heavy atom. The summed E-state index contributed by atoms with van der Waals surface area (Å²) in [5, 5.41) is 12.4. The summed E-state index contributed by atoms with van der Waals surface area (Å²) in [6, 6.07) is 94.9. The second-order valence-corrected chi connectivity index (χ2v) is 21.9. The Morgan fingerprint density at radius 1 is 0.257 bits per heavy atom. The van der Waals surface area contributed by atoms with Crippen molar-refractivity contribution in [3.05, 3.63) is 261 Å². The van der Waals surface area contributed by atoms with Crippen LogP contribution in [0.2, 0.25) is 0 Å². The van der Waals surface area contributed by atoms with E-state index >= 15 is 0 Å². The number of hydrogen-bond donors (Lipinski definition) is 0. The molecule has 0 saturated heterocycles. The smallest absolute Gasteiger partial charge is 0.179 e. The summed E-state index contributed by atoms with van der Waals surface area (Å²) < 4.78 is 7.05. The molecule has 0 unspecified atom stereocenters. The van der Waals surface area contributed by atoms with Crippen molar-refractivity contribution in [2.75, 3.05) is 0 Å². The van der Waals surface area contributed by atoms with Gasteiger partial charge in [-0.15, -0.1) is 0 Å². The SMILES string of the molecule is c1ccc([Si](c2ccccc2)(c2ccccc2)c2cccc(-c3nc(-n4c5ccccc5c5ccccc54)cc(-n4c5ccccc5c5cc(-n6c7ccccc7c7ccccc76)ccc54)n3)c2)cc1. The van der Waals surface area contributed by atoms with Gasteiger partial charge in [-0.05, 0) is 69.3 Å². The van der Waals surface area contributed by atoms with E-state index in [9.17, 15) is 0 Å². The minimum absolute atomic E-state index is 0.654. The zero-order chi connectivity index (χ0) is 46.2. The van der Waals surface area contributed by atoms with Crippen molar-refractivity contribution < 1.29 is 0 Å². The summed E-state index contributed by atoms with van der Waals surface area (Å²) in [6.45, 7) is 0. The number of benzene rings is 10. The van der Waals surface area contributed by atoms with Gasteiger partial charge in [0, 0.05) is 49.6 Å². The van der Waals surface area contributed by atoms with Crippen molar-refractivity contribution in [3.63, 3.8) is 0 Å². The van der Waals surface area contributed by atoms with Crippen LogP contribution in [0.1, 0.15) is 0 Å². The summed E-state index contributed by atoms with van der Waals surface area (Å²) in [5.74, 6) is 2.25. The Bertz CT molecular complexity index is 4100. The maximum Gasteiger partial charge on any atom is 0.179 e. The largest absolute Gasteiger partial charge is 0.309 e. The third kappa shape index (κ3) is 6.03. The average molecular weight is 910 g/mol. The second kappa shape index (κ2) is 16.0. The van der Waals surface area contributed by atoms with Gasteiger partial charge < -0.3 is 4.57 Å². The van der Waals surface area contributed by atoms with E-state index in [2.05, 4.69) is 275 Å². The molecule has 4 heterocycles. The lowest BCUT2D eigenvalue weighted by Crippen LogP contribution is -2.74. The first-order valence-corrected chi connectivity index (χ1v) is 25.9. The van der Waals surface area contributed by atoms with E-state index in [1.165, 1.54) is 53.3 Å². The van der Waals surface area contributed by atoms with Crippen LogP contribution < -0.4 is 20.7 Å². The topological polar surface area (TPSA) is 40.6 Å². The molecule has 0 aliphatic rings. The summed E-state index contributed by atoms with van der Waals surface area (Å²) in [4.78, 5) is 11.3. The molecule has 0 aliphatic carbocycles. The third-order valence-electron chi connectivity index (χ3n) is 14.4. The van der Waals surface area contributed by atoms with Crippen molar-refractivity contribution in [3.8, 4) is 28.7 Å². The molecule has 14 rings (SSSR count). The van der Waals surface area contributed by atoms with Crippen molar-refractivity contribution in [1.82, 2.24) is 23.7 Å². The first-order chi connectivity index (χ1) is 34.7. The minimum Gasteiger partial charge on any atom is -0.309 e. The van der Waals surface area contributed by atoms with E-state index in [0.717, 1.165) is 55.7 Å². The van der Waals surface area contributed by atoms with E-state index in [1.807, 2.05) is 0 Å². The predicted molar refractivity (Wildman–Crippen MR) is 294 cm³/mol. The van der Waals surface area contributed by atoms with Crippen molar-refractivity contribution in [2.24, 2.45) is 0 Å². The normalized spacial score (nSPS) is 12.0. The molecule has 5 nitrogen and oxygen atoms in total. The van der Waals surface area contributed by atoms with Gasteiger partial charge in [-0.25, -0.2) is 9.97 Å². The van der Waals surface area contributed by atoms with Gasteiger partial charge in [0.05, 0.1) is 33.1 Å². The van der Waals surface area contributed by atoms with Crippen LogP contribution in [-0.2, 0) is 0 Å². The van der Waals surface area contributed by atoms with E-state index < -0.39 is 8.07 Å². The molecule has 0 aliphatic heterocycles. The monoisotopic (exact) mass is 909 g/mol. The molecule has 0 fully saturated rings.